The largest absolute Gasteiger partial charge is 0.298 e. The van der Waals surface area contributed by atoms with Gasteiger partial charge >= 0.3 is 0 Å². The SMILES string of the molecule is O=C1CCC(Br)C(Br)CCC(Br)C(Br)CCC1Br. The van der Waals surface area contributed by atoms with Crippen molar-refractivity contribution in [3.8, 4) is 0 Å². The summed E-state index contributed by atoms with van der Waals surface area (Å²) < 4.78 is 0. The maximum absolute atomic E-state index is 12.0. The van der Waals surface area contributed by atoms with Crippen molar-refractivity contribution in [2.24, 2.45) is 0 Å². The molecule has 0 N–H and O–H groups in total. The van der Waals surface area contributed by atoms with E-state index < -0.39 is 0 Å². The summed E-state index contributed by atoms with van der Waals surface area (Å²) in [5.41, 5.74) is 0. The molecule has 1 aliphatic rings. The first kappa shape index (κ1) is 18.1. The molecule has 0 saturated heterocycles. The lowest BCUT2D eigenvalue weighted by molar-refractivity contribution is -0.118. The number of Topliss-reactive ketones (excluding diaryl/α,β-unsaturated/α-hetero) is 1. The predicted octanol–water partition coefficient (Wildman–Crippen LogP) is 5.73. The molecule has 106 valence electrons. The quantitative estimate of drug-likeness (QED) is 0.337. The predicted molar refractivity (Wildman–Crippen MR) is 96.3 cm³/mol. The van der Waals surface area contributed by atoms with Crippen molar-refractivity contribution in [3.05, 3.63) is 0 Å². The summed E-state index contributed by atoms with van der Waals surface area (Å²) in [4.78, 5) is 13.7. The molecule has 6 heteroatoms. The van der Waals surface area contributed by atoms with Crippen LogP contribution in [0.25, 0.3) is 0 Å². The van der Waals surface area contributed by atoms with E-state index in [9.17, 15) is 4.79 Å². The highest BCUT2D eigenvalue weighted by Crippen LogP contribution is 2.31. The number of carbonyl (C=O) groups is 1. The van der Waals surface area contributed by atoms with Gasteiger partial charge in [-0.05, 0) is 32.1 Å². The van der Waals surface area contributed by atoms with Crippen LogP contribution in [0.15, 0.2) is 0 Å². The summed E-state index contributed by atoms with van der Waals surface area (Å²) >= 11 is 18.4. The monoisotopic (exact) mass is 572 g/mol. The third-order valence-corrected chi connectivity index (χ3v) is 9.99. The average Bonchev–Trinajstić information content (AvgIpc) is 2.36. The number of carbonyl (C=O) groups excluding carboxylic acids is 1. The lowest BCUT2D eigenvalue weighted by Crippen LogP contribution is -2.24. The van der Waals surface area contributed by atoms with E-state index in [1.807, 2.05) is 0 Å². The Morgan fingerprint density at radius 3 is 1.56 bits per heavy atom. The molecule has 0 aromatic rings. The molecule has 18 heavy (non-hydrogen) atoms. The molecule has 0 heterocycles. The summed E-state index contributed by atoms with van der Waals surface area (Å²) in [5.74, 6) is 0.325. The fourth-order valence-electron chi connectivity index (χ4n) is 1.95. The van der Waals surface area contributed by atoms with E-state index in [2.05, 4.69) is 79.6 Å². The zero-order chi connectivity index (χ0) is 13.7. The smallest absolute Gasteiger partial charge is 0.146 e. The fraction of sp³-hybridized carbons (Fsp3) is 0.917. The van der Waals surface area contributed by atoms with Gasteiger partial charge in [-0.2, -0.15) is 0 Å². The Kier molecular flexibility index (Phi) is 9.22. The first-order valence-electron chi connectivity index (χ1n) is 6.15. The second kappa shape index (κ2) is 9.16. The van der Waals surface area contributed by atoms with Crippen molar-refractivity contribution >= 4 is 85.4 Å². The van der Waals surface area contributed by atoms with Gasteiger partial charge in [-0.25, -0.2) is 0 Å². The maximum atomic E-state index is 12.0. The van der Waals surface area contributed by atoms with Crippen molar-refractivity contribution in [1.82, 2.24) is 0 Å². The second-order valence-corrected chi connectivity index (χ2v) is 10.5. The molecule has 1 nitrogen and oxygen atoms in total. The van der Waals surface area contributed by atoms with Crippen LogP contribution >= 0.6 is 79.6 Å². The van der Waals surface area contributed by atoms with Gasteiger partial charge in [0.05, 0.1) is 4.83 Å². The number of alkyl halides is 5. The minimum Gasteiger partial charge on any atom is -0.298 e. The number of rotatable bonds is 0. The van der Waals surface area contributed by atoms with Crippen molar-refractivity contribution in [2.75, 3.05) is 0 Å². The standard InChI is InChI=1S/C12H17Br5O/c13-7-1-2-8(14)10(16)5-6-12(18)11(17)4-3-9(7)15/h7-11H,1-6H2. The number of hydrogen-bond acceptors (Lipinski definition) is 1. The van der Waals surface area contributed by atoms with Gasteiger partial charge < -0.3 is 0 Å². The molecule has 0 bridgehead atoms. The molecule has 0 radical (unpaired) electrons. The molecule has 0 aromatic heterocycles. The van der Waals surface area contributed by atoms with Gasteiger partial charge in [-0.3, -0.25) is 4.79 Å². The number of hydrogen-bond donors (Lipinski definition) is 0. The van der Waals surface area contributed by atoms with E-state index in [-0.39, 0.29) is 4.83 Å². The summed E-state index contributed by atoms with van der Waals surface area (Å²) in [6, 6.07) is 0. The van der Waals surface area contributed by atoms with E-state index in [0.29, 0.717) is 31.5 Å². The first-order chi connectivity index (χ1) is 8.41. The highest BCUT2D eigenvalue weighted by Gasteiger charge is 2.25. The van der Waals surface area contributed by atoms with E-state index in [4.69, 9.17) is 0 Å². The first-order valence-corrected chi connectivity index (χ1v) is 10.7. The highest BCUT2D eigenvalue weighted by molar-refractivity contribution is 9.12. The van der Waals surface area contributed by atoms with Crippen LogP contribution in [0.4, 0.5) is 0 Å². The Morgan fingerprint density at radius 2 is 1.06 bits per heavy atom. The summed E-state index contributed by atoms with van der Waals surface area (Å²) in [7, 11) is 0. The molecular formula is C12H17Br5O. The Hall–Kier alpha value is 2.07. The lowest BCUT2D eigenvalue weighted by Gasteiger charge is -2.23. The normalized spacial score (nSPS) is 40.9. The van der Waals surface area contributed by atoms with Crippen molar-refractivity contribution < 1.29 is 4.79 Å². The van der Waals surface area contributed by atoms with Gasteiger partial charge in [0, 0.05) is 25.7 Å². The van der Waals surface area contributed by atoms with Crippen LogP contribution in [0.1, 0.15) is 38.5 Å². The maximum Gasteiger partial charge on any atom is 0.146 e. The Bertz CT molecular complexity index is 273. The summed E-state index contributed by atoms with van der Waals surface area (Å²) in [6.07, 6.45) is 5.72. The van der Waals surface area contributed by atoms with Gasteiger partial charge in [0.2, 0.25) is 0 Å². The van der Waals surface area contributed by atoms with Gasteiger partial charge in [0.25, 0.3) is 0 Å². The minimum atomic E-state index is 0.00477. The molecule has 0 spiro atoms. The van der Waals surface area contributed by atoms with Crippen LogP contribution in [0.5, 0.6) is 0 Å². The number of halogens is 5. The van der Waals surface area contributed by atoms with Gasteiger partial charge in [0.15, 0.2) is 0 Å². The van der Waals surface area contributed by atoms with E-state index >= 15 is 0 Å². The molecule has 0 amide bonds. The van der Waals surface area contributed by atoms with Crippen LogP contribution in [-0.4, -0.2) is 29.9 Å². The minimum absolute atomic E-state index is 0.00477. The van der Waals surface area contributed by atoms with Crippen LogP contribution in [-0.2, 0) is 4.79 Å². The van der Waals surface area contributed by atoms with Crippen LogP contribution < -0.4 is 0 Å². The Labute approximate surface area is 151 Å². The summed E-state index contributed by atoms with van der Waals surface area (Å²) in [6.45, 7) is 0. The molecule has 1 fully saturated rings. The van der Waals surface area contributed by atoms with Crippen molar-refractivity contribution in [1.29, 1.82) is 0 Å². The molecule has 0 aromatic carbocycles. The van der Waals surface area contributed by atoms with Crippen LogP contribution in [0.2, 0.25) is 0 Å². The molecule has 1 saturated carbocycles. The number of ketones is 1. The van der Waals surface area contributed by atoms with E-state index in [0.717, 1.165) is 32.1 Å². The molecule has 1 rings (SSSR count). The van der Waals surface area contributed by atoms with Gasteiger partial charge in [-0.15, -0.1) is 0 Å². The molecule has 5 unspecified atom stereocenters. The highest BCUT2D eigenvalue weighted by atomic mass is 79.9. The van der Waals surface area contributed by atoms with Crippen LogP contribution in [0, 0.1) is 0 Å². The lowest BCUT2D eigenvalue weighted by atomic mass is 10.00. The van der Waals surface area contributed by atoms with E-state index in [1.165, 1.54) is 0 Å². The third kappa shape index (κ3) is 6.23. The average molecular weight is 577 g/mol. The Balaban J connectivity index is 2.64. The zero-order valence-electron chi connectivity index (χ0n) is 9.93. The van der Waals surface area contributed by atoms with Crippen LogP contribution in [0.3, 0.4) is 0 Å². The topological polar surface area (TPSA) is 17.1 Å². The Morgan fingerprint density at radius 1 is 0.667 bits per heavy atom. The molecule has 5 atom stereocenters. The van der Waals surface area contributed by atoms with Crippen molar-refractivity contribution in [3.63, 3.8) is 0 Å². The van der Waals surface area contributed by atoms with Gasteiger partial charge in [-0.1, -0.05) is 79.6 Å². The molecule has 1 aliphatic carbocycles. The fourth-order valence-corrected chi connectivity index (χ4v) is 4.52. The third-order valence-electron chi connectivity index (χ3n) is 3.21. The second-order valence-electron chi connectivity index (χ2n) is 4.69. The van der Waals surface area contributed by atoms with Crippen molar-refractivity contribution in [2.45, 2.75) is 62.7 Å². The van der Waals surface area contributed by atoms with Gasteiger partial charge in [0.1, 0.15) is 5.78 Å². The summed E-state index contributed by atoms with van der Waals surface area (Å²) in [5, 5.41) is 0. The zero-order valence-corrected chi connectivity index (χ0v) is 17.9. The van der Waals surface area contributed by atoms with E-state index in [1.54, 1.807) is 0 Å². The molecule has 0 aliphatic heterocycles. The molecular weight excluding hydrogens is 560 g/mol.